The van der Waals surface area contributed by atoms with Crippen LogP contribution in [0.4, 0.5) is 0 Å². The van der Waals surface area contributed by atoms with Gasteiger partial charge in [-0.05, 0) is 39.2 Å². The van der Waals surface area contributed by atoms with Crippen molar-refractivity contribution in [2.45, 2.75) is 57.5 Å². The van der Waals surface area contributed by atoms with E-state index in [1.165, 1.54) is 0 Å². The molecule has 1 N–H and O–H groups in total. The zero-order valence-electron chi connectivity index (χ0n) is 11.7. The van der Waals surface area contributed by atoms with Crippen LogP contribution in [0.5, 0.6) is 0 Å². The van der Waals surface area contributed by atoms with Crippen molar-refractivity contribution in [3.05, 3.63) is 0 Å². The lowest BCUT2D eigenvalue weighted by molar-refractivity contribution is -0.145. The van der Waals surface area contributed by atoms with Crippen molar-refractivity contribution >= 4 is 11.9 Å². The van der Waals surface area contributed by atoms with Crippen LogP contribution in [-0.2, 0) is 9.59 Å². The first-order valence-electron chi connectivity index (χ1n) is 7.39. The van der Waals surface area contributed by atoms with Gasteiger partial charge in [0, 0.05) is 12.6 Å². The number of carbonyl (C=O) groups excluding carboxylic acids is 1. The van der Waals surface area contributed by atoms with Crippen molar-refractivity contribution in [3.63, 3.8) is 0 Å². The Balaban J connectivity index is 1.97. The molecule has 0 aromatic heterocycles. The van der Waals surface area contributed by atoms with Crippen molar-refractivity contribution in [2.24, 2.45) is 0 Å². The average Bonchev–Trinajstić information content (AvgIpc) is 3.17. The fraction of sp³-hybridized carbons (Fsp3) is 0.857. The van der Waals surface area contributed by atoms with Crippen LogP contribution >= 0.6 is 0 Å². The van der Waals surface area contributed by atoms with E-state index >= 15 is 0 Å². The zero-order valence-corrected chi connectivity index (χ0v) is 11.7. The van der Waals surface area contributed by atoms with Gasteiger partial charge in [-0.1, -0.05) is 12.8 Å². The van der Waals surface area contributed by atoms with Gasteiger partial charge in [0.15, 0.2) is 0 Å². The molecule has 0 radical (unpaired) electrons. The minimum absolute atomic E-state index is 0.0955. The summed E-state index contributed by atoms with van der Waals surface area (Å²) in [6.07, 6.45) is 5.87. The molecule has 1 heterocycles. The standard InChI is InChI=1S/C14H24N2O3/c1-2-16(11-7-8-11)13(17)10-15-9-5-3-4-6-12(15)14(18)19/h11-12H,2-10H2,1H3,(H,18,19). The Labute approximate surface area is 114 Å². The zero-order chi connectivity index (χ0) is 13.8. The number of carboxylic acid groups (broad SMARTS) is 1. The maximum Gasteiger partial charge on any atom is 0.320 e. The Kier molecular flexibility index (Phi) is 4.80. The van der Waals surface area contributed by atoms with Crippen LogP contribution in [-0.4, -0.2) is 58.5 Å². The normalized spacial score (nSPS) is 24.8. The summed E-state index contributed by atoms with van der Waals surface area (Å²) in [5.74, 6) is -0.692. The van der Waals surface area contributed by atoms with Gasteiger partial charge in [-0.2, -0.15) is 0 Å². The third-order valence-electron chi connectivity index (χ3n) is 4.14. The highest BCUT2D eigenvalue weighted by Crippen LogP contribution is 2.27. The van der Waals surface area contributed by atoms with Gasteiger partial charge >= 0.3 is 5.97 Å². The molecular formula is C14H24N2O3. The van der Waals surface area contributed by atoms with Gasteiger partial charge in [0.2, 0.25) is 5.91 Å². The van der Waals surface area contributed by atoms with Crippen LogP contribution in [0, 0.1) is 0 Å². The molecule has 19 heavy (non-hydrogen) atoms. The molecule has 1 amide bonds. The number of aliphatic carboxylic acids is 1. The Hall–Kier alpha value is -1.10. The van der Waals surface area contributed by atoms with Gasteiger partial charge in [0.25, 0.3) is 0 Å². The topological polar surface area (TPSA) is 60.9 Å². The molecule has 5 heteroatoms. The maximum atomic E-state index is 12.3. The molecular weight excluding hydrogens is 244 g/mol. The minimum Gasteiger partial charge on any atom is -0.480 e. The summed E-state index contributed by atoms with van der Waals surface area (Å²) in [6, 6.07) is -0.0721. The first-order chi connectivity index (χ1) is 9.13. The molecule has 2 rings (SSSR count). The van der Waals surface area contributed by atoms with E-state index < -0.39 is 12.0 Å². The molecule has 1 aliphatic heterocycles. The lowest BCUT2D eigenvalue weighted by Gasteiger charge is -2.29. The Bertz CT molecular complexity index is 342. The molecule has 1 atom stereocenters. The lowest BCUT2D eigenvalue weighted by Crippen LogP contribution is -2.47. The van der Waals surface area contributed by atoms with E-state index in [0.29, 0.717) is 12.5 Å². The Morgan fingerprint density at radius 3 is 2.53 bits per heavy atom. The fourth-order valence-electron chi connectivity index (χ4n) is 2.93. The summed E-state index contributed by atoms with van der Waals surface area (Å²) in [5, 5.41) is 9.30. The minimum atomic E-state index is -0.788. The van der Waals surface area contributed by atoms with Gasteiger partial charge in [0.1, 0.15) is 6.04 Å². The first-order valence-corrected chi connectivity index (χ1v) is 7.39. The number of carboxylic acids is 1. The highest BCUT2D eigenvalue weighted by molar-refractivity contribution is 5.80. The summed E-state index contributed by atoms with van der Waals surface area (Å²) in [5.41, 5.74) is 0. The van der Waals surface area contributed by atoms with Crippen LogP contribution < -0.4 is 0 Å². The largest absolute Gasteiger partial charge is 0.480 e. The molecule has 2 aliphatic rings. The lowest BCUT2D eigenvalue weighted by atomic mass is 10.1. The summed E-state index contributed by atoms with van der Waals surface area (Å²) < 4.78 is 0. The average molecular weight is 268 g/mol. The van der Waals surface area contributed by atoms with Crippen molar-refractivity contribution in [1.82, 2.24) is 9.80 Å². The van der Waals surface area contributed by atoms with E-state index in [0.717, 1.165) is 45.2 Å². The monoisotopic (exact) mass is 268 g/mol. The SMILES string of the molecule is CCN(C(=O)CN1CCCCCC1C(=O)O)C1CC1. The molecule has 108 valence electrons. The van der Waals surface area contributed by atoms with Gasteiger partial charge < -0.3 is 10.0 Å². The number of likely N-dealkylation sites (N-methyl/N-ethyl adjacent to an activating group) is 1. The van der Waals surface area contributed by atoms with Crippen LogP contribution in [0.3, 0.4) is 0 Å². The van der Waals surface area contributed by atoms with Crippen LogP contribution in [0.25, 0.3) is 0 Å². The van der Waals surface area contributed by atoms with Gasteiger partial charge in [-0.3, -0.25) is 14.5 Å². The van der Waals surface area contributed by atoms with Crippen molar-refractivity contribution in [3.8, 4) is 0 Å². The van der Waals surface area contributed by atoms with Crippen molar-refractivity contribution < 1.29 is 14.7 Å². The number of likely N-dealkylation sites (tertiary alicyclic amines) is 1. The Morgan fingerprint density at radius 1 is 1.21 bits per heavy atom. The van der Waals surface area contributed by atoms with Crippen molar-refractivity contribution in [2.75, 3.05) is 19.6 Å². The van der Waals surface area contributed by atoms with E-state index in [1.54, 1.807) is 0 Å². The molecule has 0 aromatic carbocycles. The number of amides is 1. The molecule has 1 saturated carbocycles. The van der Waals surface area contributed by atoms with E-state index in [-0.39, 0.29) is 12.5 Å². The number of carbonyl (C=O) groups is 2. The first kappa shape index (κ1) is 14.3. The highest BCUT2D eigenvalue weighted by atomic mass is 16.4. The van der Waals surface area contributed by atoms with E-state index in [4.69, 9.17) is 0 Å². The molecule has 1 saturated heterocycles. The van der Waals surface area contributed by atoms with Crippen LogP contribution in [0.1, 0.15) is 45.4 Å². The molecule has 1 aliphatic carbocycles. The maximum absolute atomic E-state index is 12.3. The van der Waals surface area contributed by atoms with Crippen molar-refractivity contribution in [1.29, 1.82) is 0 Å². The number of hydrogen-bond acceptors (Lipinski definition) is 3. The third kappa shape index (κ3) is 3.69. The van der Waals surface area contributed by atoms with Gasteiger partial charge in [-0.25, -0.2) is 0 Å². The van der Waals surface area contributed by atoms with Gasteiger partial charge in [-0.15, -0.1) is 0 Å². The molecule has 5 nitrogen and oxygen atoms in total. The number of rotatable bonds is 5. The summed E-state index contributed by atoms with van der Waals surface area (Å²) in [7, 11) is 0. The molecule has 2 fully saturated rings. The number of nitrogens with zero attached hydrogens (tertiary/aromatic N) is 2. The molecule has 0 aromatic rings. The van der Waals surface area contributed by atoms with E-state index in [9.17, 15) is 14.7 Å². The van der Waals surface area contributed by atoms with Crippen LogP contribution in [0.2, 0.25) is 0 Å². The second-order valence-electron chi connectivity index (χ2n) is 5.58. The second kappa shape index (κ2) is 6.37. The summed E-state index contributed by atoms with van der Waals surface area (Å²) >= 11 is 0. The molecule has 0 spiro atoms. The predicted octanol–water partition coefficient (Wildman–Crippen LogP) is 1.33. The second-order valence-corrected chi connectivity index (χ2v) is 5.58. The third-order valence-corrected chi connectivity index (χ3v) is 4.14. The van der Waals surface area contributed by atoms with Gasteiger partial charge in [0.05, 0.1) is 6.54 Å². The van der Waals surface area contributed by atoms with Crippen LogP contribution in [0.15, 0.2) is 0 Å². The predicted molar refractivity (Wildman–Crippen MR) is 71.9 cm³/mol. The quantitative estimate of drug-likeness (QED) is 0.817. The fourth-order valence-corrected chi connectivity index (χ4v) is 2.93. The molecule has 1 unspecified atom stereocenters. The highest BCUT2D eigenvalue weighted by Gasteiger charge is 2.34. The van der Waals surface area contributed by atoms with E-state index in [2.05, 4.69) is 0 Å². The van der Waals surface area contributed by atoms with E-state index in [1.807, 2.05) is 16.7 Å². The smallest absolute Gasteiger partial charge is 0.320 e. The Morgan fingerprint density at radius 2 is 1.95 bits per heavy atom. The molecule has 0 bridgehead atoms. The summed E-state index contributed by atoms with van der Waals surface area (Å²) in [6.45, 7) is 3.72. The number of hydrogen-bond donors (Lipinski definition) is 1. The summed E-state index contributed by atoms with van der Waals surface area (Å²) in [4.78, 5) is 27.4.